The van der Waals surface area contributed by atoms with E-state index in [4.69, 9.17) is 19.4 Å². The third-order valence-electron chi connectivity index (χ3n) is 9.54. The lowest BCUT2D eigenvalue weighted by atomic mass is 9.78. The lowest BCUT2D eigenvalue weighted by molar-refractivity contribution is 0.552. The average Bonchev–Trinajstić information content (AvgIpc) is 3.50. The molecule has 3 aliphatic rings. The number of nitrogens with zero attached hydrogens (tertiary/aromatic N) is 3. The normalized spacial score (nSPS) is 18.0. The first-order valence-electron chi connectivity index (χ1n) is 15.9. The Bertz CT molecular complexity index is 2310. The van der Waals surface area contributed by atoms with E-state index in [1.807, 2.05) is 30.3 Å². The molecular weight excluding hydrogens is 550 g/mol. The topological polar surface area (TPSA) is 51.8 Å². The first-order chi connectivity index (χ1) is 22.3. The molecule has 4 nitrogen and oxygen atoms in total. The van der Waals surface area contributed by atoms with Gasteiger partial charge >= 0.3 is 0 Å². The van der Waals surface area contributed by atoms with Gasteiger partial charge in [0.1, 0.15) is 11.2 Å². The maximum absolute atomic E-state index is 6.22. The van der Waals surface area contributed by atoms with Crippen LogP contribution in [-0.4, -0.2) is 15.0 Å². The molecule has 0 fully saturated rings. The van der Waals surface area contributed by atoms with Crippen LogP contribution in [-0.2, 0) is 0 Å². The second kappa shape index (κ2) is 10.7. The van der Waals surface area contributed by atoms with Crippen LogP contribution in [0.3, 0.4) is 0 Å². The molecule has 9 rings (SSSR count). The number of rotatable bonds is 4. The molecule has 0 bridgehead atoms. The van der Waals surface area contributed by atoms with Gasteiger partial charge in [-0.1, -0.05) is 103 Å². The van der Waals surface area contributed by atoms with Crippen molar-refractivity contribution in [1.29, 1.82) is 0 Å². The molecule has 45 heavy (non-hydrogen) atoms. The number of furan rings is 1. The third kappa shape index (κ3) is 4.65. The van der Waals surface area contributed by atoms with Gasteiger partial charge in [0.15, 0.2) is 17.5 Å². The van der Waals surface area contributed by atoms with Gasteiger partial charge in [0.25, 0.3) is 0 Å². The minimum atomic E-state index is 0.651. The fourth-order valence-electron chi connectivity index (χ4n) is 7.15. The summed E-state index contributed by atoms with van der Waals surface area (Å²) in [7, 11) is 0. The van der Waals surface area contributed by atoms with Gasteiger partial charge < -0.3 is 4.42 Å². The zero-order valence-electron chi connectivity index (χ0n) is 24.9. The molecule has 0 saturated heterocycles. The van der Waals surface area contributed by atoms with Crippen molar-refractivity contribution in [2.24, 2.45) is 5.92 Å². The molecule has 0 saturated carbocycles. The zero-order valence-corrected chi connectivity index (χ0v) is 24.9. The lowest BCUT2D eigenvalue weighted by Gasteiger charge is -2.27. The fourth-order valence-corrected chi connectivity index (χ4v) is 7.15. The Kier molecular flexibility index (Phi) is 6.19. The minimum Gasteiger partial charge on any atom is -0.456 e. The first kappa shape index (κ1) is 26.1. The van der Waals surface area contributed by atoms with Crippen molar-refractivity contribution in [3.63, 3.8) is 0 Å². The van der Waals surface area contributed by atoms with E-state index in [1.165, 1.54) is 34.9 Å². The van der Waals surface area contributed by atoms with Gasteiger partial charge in [-0.05, 0) is 89.3 Å². The molecular formula is C41H31N3O. The second-order valence-corrected chi connectivity index (χ2v) is 12.3. The minimum absolute atomic E-state index is 0.651. The van der Waals surface area contributed by atoms with Crippen LogP contribution in [0.15, 0.2) is 143 Å². The number of para-hydroxylation sites is 1. The van der Waals surface area contributed by atoms with Gasteiger partial charge in [0.05, 0.1) is 0 Å². The summed E-state index contributed by atoms with van der Waals surface area (Å²) in [6.45, 7) is 0. The monoisotopic (exact) mass is 581 g/mol. The molecule has 2 aromatic heterocycles. The molecule has 1 unspecified atom stereocenters. The van der Waals surface area contributed by atoms with Crippen molar-refractivity contribution in [2.75, 3.05) is 0 Å². The smallest absolute Gasteiger partial charge is 0.164 e. The van der Waals surface area contributed by atoms with E-state index in [9.17, 15) is 0 Å². The molecule has 0 aliphatic heterocycles. The Labute approximate surface area is 261 Å². The van der Waals surface area contributed by atoms with Crippen LogP contribution in [0.1, 0.15) is 37.9 Å². The molecule has 216 valence electrons. The van der Waals surface area contributed by atoms with Crippen LogP contribution >= 0.6 is 0 Å². The number of allylic oxidation sites excluding steroid dienone is 10. The number of hydrogen-bond acceptors (Lipinski definition) is 4. The van der Waals surface area contributed by atoms with Crippen molar-refractivity contribution in [3.8, 4) is 22.8 Å². The molecule has 1 atom stereocenters. The van der Waals surface area contributed by atoms with Crippen LogP contribution in [0.5, 0.6) is 0 Å². The van der Waals surface area contributed by atoms with Crippen molar-refractivity contribution in [3.05, 3.63) is 144 Å². The summed E-state index contributed by atoms with van der Waals surface area (Å²) < 4.78 is 6.22. The Morgan fingerprint density at radius 1 is 0.622 bits per heavy atom. The molecule has 0 spiro atoms. The molecule has 0 radical (unpaired) electrons. The van der Waals surface area contributed by atoms with Crippen molar-refractivity contribution >= 4 is 38.3 Å². The van der Waals surface area contributed by atoms with E-state index in [0.717, 1.165) is 69.1 Å². The quantitative estimate of drug-likeness (QED) is 0.208. The highest BCUT2D eigenvalue weighted by atomic mass is 16.3. The van der Waals surface area contributed by atoms with Gasteiger partial charge in [-0.2, -0.15) is 0 Å². The SMILES string of the molecule is C1=CC2=CC=C(C3=CC=C(c4nc(-c5ccc6ccccc6c5)nc(-c5cccc6oc7ccccc7c56)n4)CC3)CC2CC1. The molecule has 6 aromatic rings. The number of fused-ring (bicyclic) bond motifs is 5. The van der Waals surface area contributed by atoms with E-state index in [2.05, 4.69) is 91.1 Å². The summed E-state index contributed by atoms with van der Waals surface area (Å²) in [5.41, 5.74) is 9.15. The predicted octanol–water partition coefficient (Wildman–Crippen LogP) is 10.6. The Morgan fingerprint density at radius 3 is 2.33 bits per heavy atom. The van der Waals surface area contributed by atoms with Crippen molar-refractivity contribution in [2.45, 2.75) is 32.1 Å². The largest absolute Gasteiger partial charge is 0.456 e. The molecule has 4 heteroatoms. The van der Waals surface area contributed by atoms with Crippen molar-refractivity contribution in [1.82, 2.24) is 15.0 Å². The number of hydrogen-bond donors (Lipinski definition) is 0. The number of aromatic nitrogens is 3. The highest BCUT2D eigenvalue weighted by molar-refractivity contribution is 6.11. The molecule has 3 aliphatic carbocycles. The van der Waals surface area contributed by atoms with Crippen LogP contribution in [0.25, 0.3) is 61.1 Å². The average molecular weight is 582 g/mol. The van der Waals surface area contributed by atoms with Crippen LogP contribution < -0.4 is 0 Å². The Balaban J connectivity index is 1.18. The lowest BCUT2D eigenvalue weighted by Crippen LogP contribution is -2.12. The molecule has 0 N–H and O–H groups in total. The van der Waals surface area contributed by atoms with Crippen LogP contribution in [0, 0.1) is 5.92 Å². The van der Waals surface area contributed by atoms with Gasteiger partial charge in [-0.3, -0.25) is 0 Å². The van der Waals surface area contributed by atoms with Crippen molar-refractivity contribution < 1.29 is 4.42 Å². The molecule has 0 amide bonds. The fraction of sp³-hybridized carbons (Fsp3) is 0.146. The highest BCUT2D eigenvalue weighted by Gasteiger charge is 2.24. The van der Waals surface area contributed by atoms with Gasteiger partial charge in [-0.25, -0.2) is 15.0 Å². The number of benzene rings is 4. The van der Waals surface area contributed by atoms with E-state index in [-0.39, 0.29) is 0 Å². The second-order valence-electron chi connectivity index (χ2n) is 12.3. The summed E-state index contributed by atoms with van der Waals surface area (Å²) in [6, 6.07) is 29.2. The summed E-state index contributed by atoms with van der Waals surface area (Å²) in [5, 5.41) is 4.45. The van der Waals surface area contributed by atoms with Gasteiger partial charge in [-0.15, -0.1) is 0 Å². The van der Waals surface area contributed by atoms with E-state index in [1.54, 1.807) is 0 Å². The standard InChI is InChI=1S/C41H31N3O/c1-3-10-30-24-32(22-18-26(30)8-1)28-16-20-29(21-17-28)39-42-40(33-23-19-27-9-2-4-11-31(27)25-33)44-41(43-39)35-13-7-15-37-38(35)34-12-5-6-14-36(34)45-37/h1-2,4-9,11-16,18-20,22-23,25,30H,3,10,17,21,24H2. The summed E-state index contributed by atoms with van der Waals surface area (Å²) in [4.78, 5) is 15.4. The van der Waals surface area contributed by atoms with Crippen LogP contribution in [0.4, 0.5) is 0 Å². The predicted molar refractivity (Wildman–Crippen MR) is 183 cm³/mol. The highest BCUT2D eigenvalue weighted by Crippen LogP contribution is 2.40. The summed E-state index contributed by atoms with van der Waals surface area (Å²) in [6.07, 6.45) is 19.3. The van der Waals surface area contributed by atoms with Crippen LogP contribution in [0.2, 0.25) is 0 Å². The Hall–Kier alpha value is -5.35. The van der Waals surface area contributed by atoms with Gasteiger partial charge in [0, 0.05) is 21.9 Å². The maximum atomic E-state index is 6.22. The summed E-state index contributed by atoms with van der Waals surface area (Å²) >= 11 is 0. The van der Waals surface area contributed by atoms with Gasteiger partial charge in [0.2, 0.25) is 0 Å². The van der Waals surface area contributed by atoms with E-state index in [0.29, 0.717) is 17.6 Å². The third-order valence-corrected chi connectivity index (χ3v) is 9.54. The van der Waals surface area contributed by atoms with E-state index < -0.39 is 0 Å². The Morgan fingerprint density at radius 2 is 1.40 bits per heavy atom. The maximum Gasteiger partial charge on any atom is 0.164 e. The molecule has 2 heterocycles. The first-order valence-corrected chi connectivity index (χ1v) is 15.9. The molecule has 4 aromatic carbocycles. The summed E-state index contributed by atoms with van der Waals surface area (Å²) in [5.74, 6) is 2.73. The van der Waals surface area contributed by atoms with E-state index >= 15 is 0 Å². The zero-order chi connectivity index (χ0) is 29.7.